The summed E-state index contributed by atoms with van der Waals surface area (Å²) in [5.74, 6) is 1.43. The molecular formula is C22H17NO4. The van der Waals surface area contributed by atoms with Crippen LogP contribution in [0.4, 0.5) is 0 Å². The van der Waals surface area contributed by atoms with Crippen molar-refractivity contribution in [2.75, 3.05) is 0 Å². The van der Waals surface area contributed by atoms with Gasteiger partial charge in [0.15, 0.2) is 5.78 Å². The third-order valence-corrected chi connectivity index (χ3v) is 3.88. The third kappa shape index (κ3) is 4.65. The molecule has 27 heavy (non-hydrogen) atoms. The molecule has 5 nitrogen and oxygen atoms in total. The fourth-order valence-corrected chi connectivity index (χ4v) is 2.48. The minimum Gasteiger partial charge on any atom is -0.507 e. The average Bonchev–Trinajstić information content (AvgIpc) is 2.67. The molecule has 3 aromatic carbocycles. The van der Waals surface area contributed by atoms with Crippen LogP contribution in [0.15, 0.2) is 66.7 Å². The number of rotatable bonds is 6. The number of benzene rings is 3. The molecule has 0 fully saturated rings. The molecule has 0 saturated carbocycles. The number of carbonyl (C=O) groups excluding carboxylic acids is 1. The summed E-state index contributed by atoms with van der Waals surface area (Å²) in [5.41, 5.74) is 1.73. The van der Waals surface area contributed by atoms with Crippen LogP contribution < -0.4 is 9.47 Å². The lowest BCUT2D eigenvalue weighted by Gasteiger charge is -2.09. The van der Waals surface area contributed by atoms with Gasteiger partial charge in [-0.2, -0.15) is 5.26 Å². The van der Waals surface area contributed by atoms with Gasteiger partial charge in [-0.05, 0) is 55.0 Å². The second-order valence-corrected chi connectivity index (χ2v) is 5.91. The number of phenols is 1. The molecule has 5 heteroatoms. The summed E-state index contributed by atoms with van der Waals surface area (Å²) in [7, 11) is 0. The van der Waals surface area contributed by atoms with Gasteiger partial charge in [0.25, 0.3) is 0 Å². The number of ketones is 1. The number of phenolic OH excluding ortho intramolecular Hbond substituents is 1. The lowest BCUT2D eigenvalue weighted by atomic mass is 10.1. The molecule has 134 valence electrons. The van der Waals surface area contributed by atoms with E-state index in [1.807, 2.05) is 24.3 Å². The lowest BCUT2D eigenvalue weighted by molar-refractivity contribution is 0.101. The molecular weight excluding hydrogens is 342 g/mol. The van der Waals surface area contributed by atoms with Crippen LogP contribution in [-0.4, -0.2) is 10.9 Å². The number of nitriles is 1. The zero-order valence-electron chi connectivity index (χ0n) is 14.7. The number of nitrogens with zero attached hydrogens (tertiary/aromatic N) is 1. The van der Waals surface area contributed by atoms with Gasteiger partial charge in [-0.1, -0.05) is 18.2 Å². The maximum absolute atomic E-state index is 11.3. The highest BCUT2D eigenvalue weighted by Gasteiger charge is 2.08. The van der Waals surface area contributed by atoms with Crippen LogP contribution in [0.3, 0.4) is 0 Å². The molecule has 0 saturated heterocycles. The molecule has 0 spiro atoms. The summed E-state index contributed by atoms with van der Waals surface area (Å²) in [5, 5.41) is 18.8. The Hall–Kier alpha value is -3.78. The second kappa shape index (κ2) is 8.07. The van der Waals surface area contributed by atoms with E-state index in [-0.39, 0.29) is 17.1 Å². The Labute approximate surface area is 157 Å². The van der Waals surface area contributed by atoms with Gasteiger partial charge in [0.2, 0.25) is 0 Å². The topological polar surface area (TPSA) is 79.5 Å². The minimum absolute atomic E-state index is 0.0941. The molecule has 0 aromatic heterocycles. The first-order chi connectivity index (χ1) is 13.0. The van der Waals surface area contributed by atoms with Gasteiger partial charge >= 0.3 is 0 Å². The average molecular weight is 359 g/mol. The van der Waals surface area contributed by atoms with Gasteiger partial charge in [-0.15, -0.1) is 0 Å². The molecule has 3 aromatic rings. The molecule has 0 aliphatic rings. The van der Waals surface area contributed by atoms with Crippen molar-refractivity contribution in [3.05, 3.63) is 83.4 Å². The quantitative estimate of drug-likeness (QED) is 0.637. The number of aromatic hydroxyl groups is 1. The van der Waals surface area contributed by atoms with E-state index < -0.39 is 0 Å². The Morgan fingerprint density at radius 2 is 1.74 bits per heavy atom. The first kappa shape index (κ1) is 18.0. The first-order valence-corrected chi connectivity index (χ1v) is 8.29. The van der Waals surface area contributed by atoms with Crippen molar-refractivity contribution >= 4 is 5.78 Å². The fourth-order valence-electron chi connectivity index (χ4n) is 2.48. The summed E-state index contributed by atoms with van der Waals surface area (Å²) in [4.78, 5) is 11.3. The van der Waals surface area contributed by atoms with Crippen LogP contribution >= 0.6 is 0 Å². The van der Waals surface area contributed by atoms with E-state index in [0.717, 1.165) is 5.56 Å². The smallest absolute Gasteiger partial charge is 0.163 e. The van der Waals surface area contributed by atoms with E-state index in [1.165, 1.54) is 13.0 Å². The third-order valence-electron chi connectivity index (χ3n) is 3.88. The Morgan fingerprint density at radius 1 is 1.00 bits per heavy atom. The normalized spacial score (nSPS) is 10.1. The van der Waals surface area contributed by atoms with Crippen LogP contribution in [0.5, 0.6) is 23.0 Å². The number of Topliss-reactive ketones (excluding diaryl/α,β-unsaturated/α-hetero) is 1. The van der Waals surface area contributed by atoms with Gasteiger partial charge < -0.3 is 14.6 Å². The van der Waals surface area contributed by atoms with E-state index in [2.05, 4.69) is 6.07 Å². The summed E-state index contributed by atoms with van der Waals surface area (Å²) in [6.07, 6.45) is 0. The standard InChI is InChI=1S/C22H17NO4/c1-15(24)21-10-9-19(12-22(21)25)26-14-16-5-7-18(8-6-16)27-20-4-2-3-17(11-20)13-23/h2-12,25H,14H2,1H3. The van der Waals surface area contributed by atoms with Crippen LogP contribution in [-0.2, 0) is 6.61 Å². The predicted octanol–water partition coefficient (Wildman–Crippen LogP) is 4.84. The van der Waals surface area contributed by atoms with Gasteiger partial charge in [-0.25, -0.2) is 0 Å². The molecule has 0 heterocycles. The Kier molecular flexibility index (Phi) is 5.38. The molecule has 0 aliphatic heterocycles. The van der Waals surface area contributed by atoms with E-state index >= 15 is 0 Å². The largest absolute Gasteiger partial charge is 0.507 e. The lowest BCUT2D eigenvalue weighted by Crippen LogP contribution is -1.97. The van der Waals surface area contributed by atoms with Crippen LogP contribution in [0.2, 0.25) is 0 Å². The molecule has 1 N–H and O–H groups in total. The second-order valence-electron chi connectivity index (χ2n) is 5.91. The molecule has 0 bridgehead atoms. The van der Waals surface area contributed by atoms with Gasteiger partial charge in [-0.3, -0.25) is 4.79 Å². The molecule has 3 rings (SSSR count). The highest BCUT2D eigenvalue weighted by atomic mass is 16.5. The first-order valence-electron chi connectivity index (χ1n) is 8.29. The van der Waals surface area contributed by atoms with Gasteiger partial charge in [0.1, 0.15) is 29.6 Å². The van der Waals surface area contributed by atoms with E-state index in [9.17, 15) is 9.90 Å². The zero-order chi connectivity index (χ0) is 19.2. The van der Waals surface area contributed by atoms with Crippen molar-refractivity contribution < 1.29 is 19.4 Å². The number of ether oxygens (including phenoxy) is 2. The summed E-state index contributed by atoms with van der Waals surface area (Å²) < 4.78 is 11.4. The fraction of sp³-hybridized carbons (Fsp3) is 0.0909. The molecule has 0 aliphatic carbocycles. The van der Waals surface area contributed by atoms with Crippen molar-refractivity contribution in [1.82, 2.24) is 0 Å². The molecule has 0 radical (unpaired) electrons. The van der Waals surface area contributed by atoms with E-state index in [0.29, 0.717) is 29.4 Å². The summed E-state index contributed by atoms with van der Waals surface area (Å²) in [6, 6.07) is 21.0. The number of carbonyl (C=O) groups is 1. The SMILES string of the molecule is CC(=O)c1ccc(OCc2ccc(Oc3cccc(C#N)c3)cc2)cc1O. The van der Waals surface area contributed by atoms with Crippen molar-refractivity contribution in [1.29, 1.82) is 5.26 Å². The maximum Gasteiger partial charge on any atom is 0.163 e. The molecule has 0 unspecified atom stereocenters. The highest BCUT2D eigenvalue weighted by molar-refractivity contribution is 5.96. The minimum atomic E-state index is -0.199. The van der Waals surface area contributed by atoms with Gasteiger partial charge in [0, 0.05) is 6.07 Å². The number of hydrogen-bond acceptors (Lipinski definition) is 5. The van der Waals surface area contributed by atoms with Gasteiger partial charge in [0.05, 0.1) is 17.2 Å². The van der Waals surface area contributed by atoms with E-state index in [4.69, 9.17) is 14.7 Å². The van der Waals surface area contributed by atoms with Crippen molar-refractivity contribution in [3.8, 4) is 29.1 Å². The van der Waals surface area contributed by atoms with Crippen molar-refractivity contribution in [3.63, 3.8) is 0 Å². The Morgan fingerprint density at radius 3 is 2.41 bits per heavy atom. The maximum atomic E-state index is 11.3. The molecule has 0 atom stereocenters. The Bertz CT molecular complexity index is 1000. The summed E-state index contributed by atoms with van der Waals surface area (Å²) in [6.45, 7) is 1.71. The van der Waals surface area contributed by atoms with E-state index in [1.54, 1.807) is 36.4 Å². The summed E-state index contributed by atoms with van der Waals surface area (Å²) >= 11 is 0. The van der Waals surface area contributed by atoms with Crippen molar-refractivity contribution in [2.45, 2.75) is 13.5 Å². The molecule has 0 amide bonds. The highest BCUT2D eigenvalue weighted by Crippen LogP contribution is 2.26. The van der Waals surface area contributed by atoms with Crippen molar-refractivity contribution in [2.24, 2.45) is 0 Å². The Balaban J connectivity index is 1.61. The van der Waals surface area contributed by atoms with Crippen LogP contribution in [0.25, 0.3) is 0 Å². The van der Waals surface area contributed by atoms with Crippen LogP contribution in [0.1, 0.15) is 28.4 Å². The predicted molar refractivity (Wildman–Crippen MR) is 100 cm³/mol. The zero-order valence-corrected chi connectivity index (χ0v) is 14.7. The van der Waals surface area contributed by atoms with Crippen LogP contribution in [0, 0.1) is 11.3 Å². The monoisotopic (exact) mass is 359 g/mol. The number of hydrogen-bond donors (Lipinski definition) is 1.